The molecule has 146 valence electrons. The lowest BCUT2D eigenvalue weighted by molar-refractivity contribution is 0.577. The van der Waals surface area contributed by atoms with Crippen LogP contribution < -0.4 is 11.1 Å². The first kappa shape index (κ1) is 18.9. The van der Waals surface area contributed by atoms with Crippen molar-refractivity contribution in [2.45, 2.75) is 13.5 Å². The Hall–Kier alpha value is -3.41. The van der Waals surface area contributed by atoms with Crippen LogP contribution in [0.4, 0.5) is 10.2 Å². The highest BCUT2D eigenvalue weighted by atomic mass is 35.5. The molecule has 4 aromatic rings. The van der Waals surface area contributed by atoms with Crippen LogP contribution in [-0.4, -0.2) is 26.1 Å². The second-order valence-electron chi connectivity index (χ2n) is 6.25. The molecule has 0 aliphatic heterocycles. The molecule has 3 aromatic heterocycles. The average molecular weight is 411 g/mol. The number of benzene rings is 1. The molecule has 0 amide bonds. The Labute approximate surface area is 170 Å². The Morgan fingerprint density at radius 2 is 2.17 bits per heavy atom. The summed E-state index contributed by atoms with van der Waals surface area (Å²) in [5.74, 6) is 6.68. The van der Waals surface area contributed by atoms with Gasteiger partial charge in [0.05, 0.1) is 19.0 Å². The summed E-state index contributed by atoms with van der Waals surface area (Å²) in [6, 6.07) is 6.84. The fourth-order valence-electron chi connectivity index (χ4n) is 2.74. The molecule has 0 unspecified atom stereocenters. The molecule has 3 N–H and O–H groups in total. The first-order chi connectivity index (χ1) is 14.0. The van der Waals surface area contributed by atoms with Gasteiger partial charge in [-0.25, -0.2) is 18.9 Å². The molecular formula is C20H16ClFN6O. The van der Waals surface area contributed by atoms with Gasteiger partial charge < -0.3 is 15.5 Å². The number of rotatable bonds is 4. The lowest BCUT2D eigenvalue weighted by atomic mass is 10.1. The SMILES string of the molecule is Cc1ccc(Cl)c(CNCC#Cc2cn3nc(-c4ccco4)nc3c(N)n2)c1F. The van der Waals surface area contributed by atoms with E-state index in [1.807, 2.05) is 0 Å². The molecule has 0 fully saturated rings. The second-order valence-corrected chi connectivity index (χ2v) is 6.66. The topological polar surface area (TPSA) is 94.3 Å². The van der Waals surface area contributed by atoms with Crippen LogP contribution in [-0.2, 0) is 6.54 Å². The maximum absolute atomic E-state index is 14.1. The van der Waals surface area contributed by atoms with Gasteiger partial charge in [-0.05, 0) is 36.6 Å². The summed E-state index contributed by atoms with van der Waals surface area (Å²) in [7, 11) is 0. The summed E-state index contributed by atoms with van der Waals surface area (Å²) in [5, 5.41) is 7.77. The Morgan fingerprint density at radius 3 is 2.97 bits per heavy atom. The minimum atomic E-state index is -0.309. The molecule has 7 nitrogen and oxygen atoms in total. The molecule has 29 heavy (non-hydrogen) atoms. The second kappa shape index (κ2) is 7.91. The highest BCUT2D eigenvalue weighted by Gasteiger charge is 2.12. The molecule has 3 heterocycles. The van der Waals surface area contributed by atoms with Crippen molar-refractivity contribution >= 4 is 23.1 Å². The zero-order valence-electron chi connectivity index (χ0n) is 15.4. The number of furan rings is 1. The average Bonchev–Trinajstić information content (AvgIpc) is 3.36. The Kier molecular flexibility index (Phi) is 5.16. The van der Waals surface area contributed by atoms with E-state index in [1.165, 1.54) is 4.52 Å². The normalized spacial score (nSPS) is 10.9. The van der Waals surface area contributed by atoms with E-state index in [1.54, 1.807) is 43.6 Å². The predicted molar refractivity (Wildman–Crippen MR) is 108 cm³/mol. The number of nitrogens with two attached hydrogens (primary N) is 1. The predicted octanol–water partition coefficient (Wildman–Crippen LogP) is 3.21. The van der Waals surface area contributed by atoms with Crippen molar-refractivity contribution in [3.05, 3.63) is 64.4 Å². The van der Waals surface area contributed by atoms with Crippen LogP contribution in [0.1, 0.15) is 16.8 Å². The number of aryl methyl sites for hydroxylation is 1. The number of anilines is 1. The van der Waals surface area contributed by atoms with Crippen LogP contribution in [0.15, 0.2) is 41.1 Å². The minimum Gasteiger partial charge on any atom is -0.461 e. The number of nitrogens with one attached hydrogen (secondary N) is 1. The van der Waals surface area contributed by atoms with Crippen LogP contribution >= 0.6 is 11.6 Å². The van der Waals surface area contributed by atoms with Gasteiger partial charge in [0.15, 0.2) is 17.2 Å². The van der Waals surface area contributed by atoms with Gasteiger partial charge in [-0.1, -0.05) is 23.6 Å². The van der Waals surface area contributed by atoms with Crippen LogP contribution in [0.2, 0.25) is 5.02 Å². The van der Waals surface area contributed by atoms with Crippen molar-refractivity contribution in [2.75, 3.05) is 12.3 Å². The number of nitrogens with zero attached hydrogens (tertiary/aromatic N) is 4. The number of hydrogen-bond acceptors (Lipinski definition) is 6. The van der Waals surface area contributed by atoms with Crippen molar-refractivity contribution in [1.82, 2.24) is 24.9 Å². The minimum absolute atomic E-state index is 0.212. The third kappa shape index (κ3) is 3.92. The summed E-state index contributed by atoms with van der Waals surface area (Å²) >= 11 is 6.06. The summed E-state index contributed by atoms with van der Waals surface area (Å²) in [5.41, 5.74) is 7.80. The van der Waals surface area contributed by atoms with E-state index in [9.17, 15) is 4.39 Å². The highest BCUT2D eigenvalue weighted by Crippen LogP contribution is 2.21. The maximum atomic E-state index is 14.1. The standard InChI is InChI=1S/C20H16ClFN6O/c1-12-6-7-15(21)14(17(12)22)10-24-8-2-4-13-11-28-20(18(23)25-13)26-19(27-28)16-5-3-9-29-16/h3,5-7,9,11,24H,8,10H2,1H3,(H2,23,25). The molecule has 0 saturated carbocycles. The Morgan fingerprint density at radius 1 is 1.31 bits per heavy atom. The summed E-state index contributed by atoms with van der Waals surface area (Å²) in [6.45, 7) is 2.28. The van der Waals surface area contributed by atoms with Gasteiger partial charge >= 0.3 is 0 Å². The highest BCUT2D eigenvalue weighted by molar-refractivity contribution is 6.31. The van der Waals surface area contributed by atoms with Gasteiger partial charge in [0.1, 0.15) is 11.5 Å². The van der Waals surface area contributed by atoms with E-state index in [-0.39, 0.29) is 18.2 Å². The number of halogens is 2. The zero-order chi connectivity index (χ0) is 20.4. The van der Waals surface area contributed by atoms with Gasteiger partial charge in [0, 0.05) is 17.1 Å². The molecule has 0 radical (unpaired) electrons. The van der Waals surface area contributed by atoms with Gasteiger partial charge in [-0.2, -0.15) is 0 Å². The monoisotopic (exact) mass is 410 g/mol. The first-order valence-corrected chi connectivity index (χ1v) is 9.10. The lowest BCUT2D eigenvalue weighted by Crippen LogP contribution is -2.15. The Bertz CT molecular complexity index is 1240. The molecule has 0 atom stereocenters. The van der Waals surface area contributed by atoms with Crippen LogP contribution in [0.5, 0.6) is 0 Å². The summed E-state index contributed by atoms with van der Waals surface area (Å²) in [6.07, 6.45) is 3.18. The van der Waals surface area contributed by atoms with Crippen molar-refractivity contribution in [3.63, 3.8) is 0 Å². The fraction of sp³-hybridized carbons (Fsp3) is 0.150. The summed E-state index contributed by atoms with van der Waals surface area (Å²) in [4.78, 5) is 8.56. The van der Waals surface area contributed by atoms with E-state index in [0.29, 0.717) is 45.6 Å². The van der Waals surface area contributed by atoms with Crippen LogP contribution in [0.25, 0.3) is 17.2 Å². The van der Waals surface area contributed by atoms with E-state index in [2.05, 4.69) is 32.2 Å². The van der Waals surface area contributed by atoms with Crippen molar-refractivity contribution < 1.29 is 8.81 Å². The molecule has 0 saturated heterocycles. The first-order valence-electron chi connectivity index (χ1n) is 8.73. The quantitative estimate of drug-likeness (QED) is 0.396. The van der Waals surface area contributed by atoms with E-state index < -0.39 is 0 Å². The molecular weight excluding hydrogens is 395 g/mol. The van der Waals surface area contributed by atoms with Gasteiger partial charge in [0.25, 0.3) is 0 Å². The van der Waals surface area contributed by atoms with Gasteiger partial charge in [0.2, 0.25) is 5.82 Å². The van der Waals surface area contributed by atoms with E-state index in [4.69, 9.17) is 21.8 Å². The maximum Gasteiger partial charge on any atom is 0.218 e. The molecule has 0 aliphatic carbocycles. The van der Waals surface area contributed by atoms with Gasteiger partial charge in [-0.3, -0.25) is 0 Å². The third-order valence-corrected chi connectivity index (χ3v) is 4.55. The third-order valence-electron chi connectivity index (χ3n) is 4.20. The van der Waals surface area contributed by atoms with Crippen LogP contribution in [0.3, 0.4) is 0 Å². The van der Waals surface area contributed by atoms with E-state index >= 15 is 0 Å². The molecule has 1 aromatic carbocycles. The van der Waals surface area contributed by atoms with Crippen molar-refractivity contribution in [2.24, 2.45) is 0 Å². The molecule has 0 spiro atoms. The lowest BCUT2D eigenvalue weighted by Gasteiger charge is -2.07. The smallest absolute Gasteiger partial charge is 0.218 e. The number of fused-ring (bicyclic) bond motifs is 1. The van der Waals surface area contributed by atoms with Crippen molar-refractivity contribution in [1.29, 1.82) is 0 Å². The molecule has 0 bridgehead atoms. The number of hydrogen-bond donors (Lipinski definition) is 2. The summed E-state index contributed by atoms with van der Waals surface area (Å²) < 4.78 is 20.9. The molecule has 4 rings (SSSR count). The molecule has 0 aliphatic rings. The van der Waals surface area contributed by atoms with Crippen LogP contribution in [0, 0.1) is 24.6 Å². The van der Waals surface area contributed by atoms with Gasteiger partial charge in [-0.15, -0.1) is 5.10 Å². The number of nitrogen functional groups attached to an aromatic ring is 1. The number of aromatic nitrogens is 4. The zero-order valence-corrected chi connectivity index (χ0v) is 16.2. The molecule has 9 heteroatoms. The Balaban J connectivity index is 1.47. The van der Waals surface area contributed by atoms with E-state index in [0.717, 1.165) is 0 Å². The van der Waals surface area contributed by atoms with Crippen molar-refractivity contribution in [3.8, 4) is 23.4 Å². The fourth-order valence-corrected chi connectivity index (χ4v) is 2.96. The largest absolute Gasteiger partial charge is 0.461 e.